The number of nitro groups is 1. The van der Waals surface area contributed by atoms with E-state index in [-0.39, 0.29) is 17.3 Å². The first kappa shape index (κ1) is 22.5. The smallest absolute Gasteiger partial charge is 0.270 e. The number of nitro benzene ring substituents is 1. The SMILES string of the molecule is O=C(CSc1nc2ccccc2n1Cc1ccccc1)NN=Cc1cc([N+](=O)[O-])ccc1Cl. The molecule has 0 aliphatic rings. The number of thioether (sulfide) groups is 1. The van der Waals surface area contributed by atoms with E-state index in [0.717, 1.165) is 21.8 Å². The molecule has 0 unspecified atom stereocenters. The Morgan fingerprint density at radius 2 is 1.91 bits per heavy atom. The first-order chi connectivity index (χ1) is 16.0. The molecule has 1 N–H and O–H groups in total. The molecule has 1 amide bonds. The van der Waals surface area contributed by atoms with Crippen molar-refractivity contribution in [2.24, 2.45) is 5.10 Å². The summed E-state index contributed by atoms with van der Waals surface area (Å²) >= 11 is 7.34. The number of carbonyl (C=O) groups is 1. The Hall–Kier alpha value is -3.69. The highest BCUT2D eigenvalue weighted by Crippen LogP contribution is 2.25. The molecule has 0 atom stereocenters. The number of hydrogen-bond donors (Lipinski definition) is 1. The van der Waals surface area contributed by atoms with Gasteiger partial charge in [0.05, 0.1) is 34.5 Å². The summed E-state index contributed by atoms with van der Waals surface area (Å²) in [6.07, 6.45) is 1.28. The zero-order valence-corrected chi connectivity index (χ0v) is 18.8. The van der Waals surface area contributed by atoms with Crippen molar-refractivity contribution in [2.45, 2.75) is 11.7 Å². The monoisotopic (exact) mass is 479 g/mol. The van der Waals surface area contributed by atoms with Crippen molar-refractivity contribution in [1.29, 1.82) is 0 Å². The molecule has 0 saturated carbocycles. The number of nitrogens with one attached hydrogen (secondary N) is 1. The molecule has 166 valence electrons. The van der Waals surface area contributed by atoms with E-state index in [1.165, 1.54) is 36.2 Å². The lowest BCUT2D eigenvalue weighted by Crippen LogP contribution is -2.20. The molecule has 8 nitrogen and oxygen atoms in total. The lowest BCUT2D eigenvalue weighted by Gasteiger charge is -2.09. The van der Waals surface area contributed by atoms with Crippen LogP contribution in [0.2, 0.25) is 5.02 Å². The molecule has 1 heterocycles. The van der Waals surface area contributed by atoms with Gasteiger partial charge in [-0.3, -0.25) is 14.9 Å². The number of imidazole rings is 1. The summed E-state index contributed by atoms with van der Waals surface area (Å²) in [4.78, 5) is 27.4. The van der Waals surface area contributed by atoms with Crippen LogP contribution >= 0.6 is 23.4 Å². The molecule has 0 aliphatic carbocycles. The van der Waals surface area contributed by atoms with Crippen LogP contribution in [-0.2, 0) is 11.3 Å². The van der Waals surface area contributed by atoms with E-state index in [0.29, 0.717) is 17.1 Å². The van der Waals surface area contributed by atoms with Gasteiger partial charge in [-0.1, -0.05) is 65.8 Å². The van der Waals surface area contributed by atoms with Crippen LogP contribution in [0, 0.1) is 10.1 Å². The lowest BCUT2D eigenvalue weighted by atomic mass is 10.2. The van der Waals surface area contributed by atoms with Crippen LogP contribution in [0.1, 0.15) is 11.1 Å². The van der Waals surface area contributed by atoms with Gasteiger partial charge >= 0.3 is 0 Å². The van der Waals surface area contributed by atoms with E-state index >= 15 is 0 Å². The van der Waals surface area contributed by atoms with Crippen molar-refractivity contribution in [1.82, 2.24) is 15.0 Å². The summed E-state index contributed by atoms with van der Waals surface area (Å²) in [6.45, 7) is 0.634. The quantitative estimate of drug-likeness (QED) is 0.168. The van der Waals surface area contributed by atoms with Crippen molar-refractivity contribution in [3.63, 3.8) is 0 Å². The van der Waals surface area contributed by atoms with Crippen LogP contribution in [0.25, 0.3) is 11.0 Å². The fourth-order valence-corrected chi connectivity index (χ4v) is 4.13. The third kappa shape index (κ3) is 5.57. The van der Waals surface area contributed by atoms with Crippen molar-refractivity contribution < 1.29 is 9.72 Å². The first-order valence-electron chi connectivity index (χ1n) is 9.89. The van der Waals surface area contributed by atoms with E-state index < -0.39 is 4.92 Å². The maximum atomic E-state index is 12.3. The van der Waals surface area contributed by atoms with E-state index in [9.17, 15) is 14.9 Å². The van der Waals surface area contributed by atoms with Gasteiger partial charge in [0, 0.05) is 22.7 Å². The van der Waals surface area contributed by atoms with Crippen LogP contribution in [0.15, 0.2) is 83.1 Å². The Morgan fingerprint density at radius 1 is 1.15 bits per heavy atom. The van der Waals surface area contributed by atoms with Gasteiger partial charge in [-0.25, -0.2) is 10.4 Å². The molecule has 4 rings (SSSR count). The van der Waals surface area contributed by atoms with E-state index in [2.05, 4.69) is 20.1 Å². The Balaban J connectivity index is 1.44. The number of fused-ring (bicyclic) bond motifs is 1. The number of nitrogens with zero attached hydrogens (tertiary/aromatic N) is 4. The number of carbonyl (C=O) groups excluding carboxylic acids is 1. The highest BCUT2D eigenvalue weighted by molar-refractivity contribution is 7.99. The summed E-state index contributed by atoms with van der Waals surface area (Å²) in [5, 5.41) is 15.8. The highest BCUT2D eigenvalue weighted by Gasteiger charge is 2.13. The second kappa shape index (κ2) is 10.3. The molecule has 0 radical (unpaired) electrons. The number of rotatable bonds is 8. The summed E-state index contributed by atoms with van der Waals surface area (Å²) in [6, 6.07) is 21.9. The van der Waals surface area contributed by atoms with Crippen LogP contribution < -0.4 is 5.43 Å². The number of amides is 1. The maximum absolute atomic E-state index is 12.3. The third-order valence-electron chi connectivity index (χ3n) is 4.72. The summed E-state index contributed by atoms with van der Waals surface area (Å²) in [5.74, 6) is -0.242. The fraction of sp³-hybridized carbons (Fsp3) is 0.0870. The molecule has 0 aliphatic heterocycles. The standard InChI is InChI=1S/C23H18ClN5O3S/c24-19-11-10-18(29(31)32)12-17(19)13-25-27-22(30)15-33-23-26-20-8-4-5-9-21(20)28(23)14-16-6-2-1-3-7-16/h1-13H,14-15H2,(H,27,30). The van der Waals surface area contributed by atoms with Gasteiger partial charge in [-0.15, -0.1) is 0 Å². The van der Waals surface area contributed by atoms with Crippen LogP contribution in [0.5, 0.6) is 0 Å². The number of hydrazone groups is 1. The van der Waals surface area contributed by atoms with Crippen LogP contribution in [0.3, 0.4) is 0 Å². The summed E-state index contributed by atoms with van der Waals surface area (Å²) < 4.78 is 2.08. The molecule has 3 aromatic carbocycles. The van der Waals surface area contributed by atoms with Gasteiger partial charge in [0.15, 0.2) is 5.16 Å². The van der Waals surface area contributed by atoms with Crippen molar-refractivity contribution in [3.05, 3.63) is 99.1 Å². The minimum Gasteiger partial charge on any atom is -0.314 e. The average Bonchev–Trinajstić information content (AvgIpc) is 3.17. The average molecular weight is 480 g/mol. The van der Waals surface area contributed by atoms with Crippen molar-refractivity contribution >= 4 is 52.2 Å². The van der Waals surface area contributed by atoms with Gasteiger partial charge in [-0.2, -0.15) is 5.10 Å². The molecule has 10 heteroatoms. The van der Waals surface area contributed by atoms with E-state index in [4.69, 9.17) is 11.6 Å². The molecule has 0 spiro atoms. The van der Waals surface area contributed by atoms with Crippen molar-refractivity contribution in [3.8, 4) is 0 Å². The summed E-state index contributed by atoms with van der Waals surface area (Å²) in [7, 11) is 0. The van der Waals surface area contributed by atoms with Crippen LogP contribution in [-0.4, -0.2) is 32.3 Å². The number of non-ortho nitro benzene ring substituents is 1. The molecule has 0 bridgehead atoms. The zero-order valence-electron chi connectivity index (χ0n) is 17.2. The van der Waals surface area contributed by atoms with Crippen molar-refractivity contribution in [2.75, 3.05) is 5.75 Å². The molecule has 1 aromatic heterocycles. The number of para-hydroxylation sites is 2. The molecular weight excluding hydrogens is 462 g/mol. The number of benzene rings is 3. The van der Waals surface area contributed by atoms with E-state index in [1.54, 1.807) is 0 Å². The first-order valence-corrected chi connectivity index (χ1v) is 11.3. The molecule has 33 heavy (non-hydrogen) atoms. The second-order valence-corrected chi connectivity index (χ2v) is 8.35. The number of halogens is 1. The Labute approximate surface area is 198 Å². The number of hydrogen-bond acceptors (Lipinski definition) is 6. The topological polar surface area (TPSA) is 102 Å². The van der Waals surface area contributed by atoms with Gasteiger partial charge < -0.3 is 4.57 Å². The molecule has 4 aromatic rings. The number of aromatic nitrogens is 2. The molecular formula is C23H18ClN5O3S. The zero-order chi connectivity index (χ0) is 23.2. The normalized spacial score (nSPS) is 11.2. The van der Waals surface area contributed by atoms with Gasteiger partial charge in [0.25, 0.3) is 11.6 Å². The fourth-order valence-electron chi connectivity index (χ4n) is 3.16. The van der Waals surface area contributed by atoms with Gasteiger partial charge in [0.2, 0.25) is 0 Å². The van der Waals surface area contributed by atoms with Gasteiger partial charge in [0.1, 0.15) is 0 Å². The van der Waals surface area contributed by atoms with E-state index in [1.807, 2.05) is 54.6 Å². The summed E-state index contributed by atoms with van der Waals surface area (Å²) in [5.41, 5.74) is 5.62. The van der Waals surface area contributed by atoms with Gasteiger partial charge in [-0.05, 0) is 23.8 Å². The predicted molar refractivity (Wildman–Crippen MR) is 130 cm³/mol. The highest BCUT2D eigenvalue weighted by atomic mass is 35.5. The second-order valence-electron chi connectivity index (χ2n) is 7.00. The lowest BCUT2D eigenvalue weighted by molar-refractivity contribution is -0.384. The minimum atomic E-state index is -0.523. The Morgan fingerprint density at radius 3 is 2.70 bits per heavy atom. The van der Waals surface area contributed by atoms with Crippen LogP contribution in [0.4, 0.5) is 5.69 Å². The Bertz CT molecular complexity index is 1340. The molecule has 0 fully saturated rings. The minimum absolute atomic E-state index is 0.0954. The maximum Gasteiger partial charge on any atom is 0.270 e. The predicted octanol–water partition coefficient (Wildman–Crippen LogP) is 4.89. The third-order valence-corrected chi connectivity index (χ3v) is 6.04. The largest absolute Gasteiger partial charge is 0.314 e. The molecule has 0 saturated heterocycles. The Kier molecular flexibility index (Phi) is 7.01.